The average Bonchev–Trinajstić information content (AvgIpc) is 2.51. The highest BCUT2D eigenvalue weighted by atomic mass is 16.4. The Morgan fingerprint density at radius 1 is 1.21 bits per heavy atom. The third-order valence-corrected chi connectivity index (χ3v) is 3.49. The molecule has 1 aromatic rings. The molecule has 0 aliphatic carbocycles. The minimum Gasteiger partial charge on any atom is -0.478 e. The average molecular weight is 322 g/mol. The van der Waals surface area contributed by atoms with Crippen molar-refractivity contribution in [3.05, 3.63) is 83.0 Å². The molecule has 1 aromatic carbocycles. The smallest absolute Gasteiger partial charge is 0.327 e. The number of benzene rings is 1. The van der Waals surface area contributed by atoms with E-state index in [0.29, 0.717) is 6.42 Å². The fourth-order valence-corrected chi connectivity index (χ4v) is 2.35. The number of carboxylic acids is 1. The normalized spacial score (nSPS) is 13.5. The molecule has 24 heavy (non-hydrogen) atoms. The Morgan fingerprint density at radius 3 is 2.62 bits per heavy atom. The molecule has 0 aliphatic rings. The van der Waals surface area contributed by atoms with Crippen LogP contribution >= 0.6 is 0 Å². The first-order valence-corrected chi connectivity index (χ1v) is 8.09. The van der Waals surface area contributed by atoms with Gasteiger partial charge in [-0.25, -0.2) is 4.79 Å². The molecule has 0 aliphatic heterocycles. The number of hydrogen-bond acceptors (Lipinski definition) is 1. The van der Waals surface area contributed by atoms with Gasteiger partial charge >= 0.3 is 5.97 Å². The molecule has 0 radical (unpaired) electrons. The van der Waals surface area contributed by atoms with E-state index in [1.807, 2.05) is 38.2 Å². The molecule has 0 bridgehead atoms. The molecule has 0 unspecified atom stereocenters. The Hall–Kier alpha value is -2.61. The van der Waals surface area contributed by atoms with Gasteiger partial charge in [0.25, 0.3) is 0 Å². The van der Waals surface area contributed by atoms with Crippen molar-refractivity contribution in [1.29, 1.82) is 0 Å². The number of carboxylic acid groups (broad SMARTS) is 1. The van der Waals surface area contributed by atoms with Crippen LogP contribution in [0.15, 0.2) is 66.3 Å². The SMILES string of the molecule is C/C=C/C=C/c1cc(C)ccc1/C(C)=C/C(C)=C/C/C=C/C(=O)O. The van der Waals surface area contributed by atoms with Gasteiger partial charge in [0, 0.05) is 6.08 Å². The van der Waals surface area contributed by atoms with E-state index < -0.39 is 5.97 Å². The molecule has 0 saturated carbocycles. The van der Waals surface area contributed by atoms with Gasteiger partial charge in [-0.1, -0.05) is 71.9 Å². The molecule has 0 spiro atoms. The van der Waals surface area contributed by atoms with E-state index in [0.717, 1.165) is 5.57 Å². The first kappa shape index (κ1) is 19.4. The lowest BCUT2D eigenvalue weighted by atomic mass is 9.96. The first-order chi connectivity index (χ1) is 11.4. The summed E-state index contributed by atoms with van der Waals surface area (Å²) in [6, 6.07) is 6.45. The first-order valence-electron chi connectivity index (χ1n) is 8.09. The van der Waals surface area contributed by atoms with Gasteiger partial charge < -0.3 is 5.11 Å². The van der Waals surface area contributed by atoms with Crippen molar-refractivity contribution < 1.29 is 9.90 Å². The summed E-state index contributed by atoms with van der Waals surface area (Å²) in [5, 5.41) is 8.58. The zero-order chi connectivity index (χ0) is 17.9. The number of hydrogen-bond donors (Lipinski definition) is 1. The minimum absolute atomic E-state index is 0.615. The molecule has 126 valence electrons. The summed E-state index contributed by atoms with van der Waals surface area (Å²) in [5.74, 6) is -0.912. The molecule has 2 heteroatoms. The van der Waals surface area contributed by atoms with E-state index in [9.17, 15) is 4.79 Å². The number of carbonyl (C=O) groups is 1. The molecule has 0 atom stereocenters. The Morgan fingerprint density at radius 2 is 1.96 bits per heavy atom. The molecular weight excluding hydrogens is 296 g/mol. The molecule has 2 nitrogen and oxygen atoms in total. The Balaban J connectivity index is 3.02. The molecule has 0 saturated heterocycles. The predicted octanol–water partition coefficient (Wildman–Crippen LogP) is 5.96. The Bertz CT molecular complexity index is 713. The second kappa shape index (κ2) is 10.2. The van der Waals surface area contributed by atoms with Crippen LogP contribution in [-0.2, 0) is 4.79 Å². The van der Waals surface area contributed by atoms with E-state index in [4.69, 9.17) is 5.11 Å². The van der Waals surface area contributed by atoms with Crippen molar-refractivity contribution in [2.24, 2.45) is 0 Å². The second-order valence-corrected chi connectivity index (χ2v) is 5.73. The number of aryl methyl sites for hydroxylation is 1. The fraction of sp³-hybridized carbons (Fsp3) is 0.227. The second-order valence-electron chi connectivity index (χ2n) is 5.73. The maximum Gasteiger partial charge on any atom is 0.327 e. The topological polar surface area (TPSA) is 37.3 Å². The van der Waals surface area contributed by atoms with Gasteiger partial charge in [-0.2, -0.15) is 0 Å². The van der Waals surface area contributed by atoms with Crippen LogP contribution in [-0.4, -0.2) is 11.1 Å². The maximum absolute atomic E-state index is 10.4. The highest BCUT2D eigenvalue weighted by Gasteiger charge is 2.02. The monoisotopic (exact) mass is 322 g/mol. The highest BCUT2D eigenvalue weighted by molar-refractivity contribution is 5.79. The quantitative estimate of drug-likeness (QED) is 0.496. The van der Waals surface area contributed by atoms with Crippen molar-refractivity contribution >= 4 is 17.6 Å². The minimum atomic E-state index is -0.912. The van der Waals surface area contributed by atoms with E-state index in [1.54, 1.807) is 6.08 Å². The summed E-state index contributed by atoms with van der Waals surface area (Å²) in [6.07, 6.45) is 15.8. The Labute approximate surface area is 145 Å². The van der Waals surface area contributed by atoms with E-state index >= 15 is 0 Å². The van der Waals surface area contributed by atoms with Crippen molar-refractivity contribution in [2.45, 2.75) is 34.1 Å². The Kier molecular flexibility index (Phi) is 8.28. The van der Waals surface area contributed by atoms with Crippen molar-refractivity contribution in [3.63, 3.8) is 0 Å². The van der Waals surface area contributed by atoms with Crippen LogP contribution < -0.4 is 0 Å². The number of aliphatic carboxylic acids is 1. The van der Waals surface area contributed by atoms with Gasteiger partial charge in [0.05, 0.1) is 0 Å². The van der Waals surface area contributed by atoms with Crippen LogP contribution in [0.25, 0.3) is 11.6 Å². The molecule has 1 rings (SSSR count). The summed E-state index contributed by atoms with van der Waals surface area (Å²) in [6.45, 7) is 8.22. The zero-order valence-corrected chi connectivity index (χ0v) is 14.9. The van der Waals surface area contributed by atoms with Crippen molar-refractivity contribution in [3.8, 4) is 0 Å². The summed E-state index contributed by atoms with van der Waals surface area (Å²) in [7, 11) is 0. The van der Waals surface area contributed by atoms with Gasteiger partial charge in [0.2, 0.25) is 0 Å². The molecule has 0 fully saturated rings. The van der Waals surface area contributed by atoms with Crippen LogP contribution in [0, 0.1) is 6.92 Å². The third kappa shape index (κ3) is 7.10. The molecule has 0 amide bonds. The van der Waals surface area contributed by atoms with Gasteiger partial charge in [0.15, 0.2) is 0 Å². The van der Waals surface area contributed by atoms with Gasteiger partial charge in [-0.05, 0) is 50.8 Å². The van der Waals surface area contributed by atoms with Crippen LogP contribution in [0.5, 0.6) is 0 Å². The molecular formula is C22H26O2. The van der Waals surface area contributed by atoms with Gasteiger partial charge in [0.1, 0.15) is 0 Å². The maximum atomic E-state index is 10.4. The van der Waals surface area contributed by atoms with E-state index in [2.05, 4.69) is 44.2 Å². The highest BCUT2D eigenvalue weighted by Crippen LogP contribution is 2.23. The summed E-state index contributed by atoms with van der Waals surface area (Å²) >= 11 is 0. The summed E-state index contributed by atoms with van der Waals surface area (Å²) in [5.41, 5.74) is 5.94. The largest absolute Gasteiger partial charge is 0.478 e. The standard InChI is InChI=1S/C22H26O2/c1-5-6-7-11-20-16-18(3)13-14-21(20)19(4)15-17(2)10-8-9-12-22(23)24/h5-7,9-16H,8H2,1-4H3,(H,23,24)/b6-5+,11-7+,12-9+,17-10+,19-15+. The van der Waals surface area contributed by atoms with Crippen molar-refractivity contribution in [2.75, 3.05) is 0 Å². The van der Waals surface area contributed by atoms with E-state index in [1.165, 1.54) is 28.3 Å². The predicted molar refractivity (Wildman–Crippen MR) is 104 cm³/mol. The van der Waals surface area contributed by atoms with Crippen molar-refractivity contribution in [1.82, 2.24) is 0 Å². The van der Waals surface area contributed by atoms with Gasteiger partial charge in [-0.3, -0.25) is 0 Å². The third-order valence-electron chi connectivity index (χ3n) is 3.49. The lowest BCUT2D eigenvalue weighted by Gasteiger charge is -2.08. The number of rotatable bonds is 7. The fourth-order valence-electron chi connectivity index (χ4n) is 2.35. The van der Waals surface area contributed by atoms with Gasteiger partial charge in [-0.15, -0.1) is 0 Å². The van der Waals surface area contributed by atoms with Crippen LogP contribution in [0.3, 0.4) is 0 Å². The summed E-state index contributed by atoms with van der Waals surface area (Å²) in [4.78, 5) is 10.4. The molecule has 0 heterocycles. The van der Waals surface area contributed by atoms with Crippen LogP contribution in [0.2, 0.25) is 0 Å². The zero-order valence-electron chi connectivity index (χ0n) is 14.9. The van der Waals surface area contributed by atoms with Crippen LogP contribution in [0.4, 0.5) is 0 Å². The molecule has 1 N–H and O–H groups in total. The van der Waals surface area contributed by atoms with E-state index in [-0.39, 0.29) is 0 Å². The molecule has 0 aromatic heterocycles. The summed E-state index contributed by atoms with van der Waals surface area (Å²) < 4.78 is 0. The number of allylic oxidation sites excluding steroid dienone is 8. The van der Waals surface area contributed by atoms with Crippen LogP contribution in [0.1, 0.15) is 43.9 Å². The lowest BCUT2D eigenvalue weighted by Crippen LogP contribution is -1.88. The lowest BCUT2D eigenvalue weighted by molar-refractivity contribution is -0.131.